The van der Waals surface area contributed by atoms with Gasteiger partial charge in [0, 0.05) is 30.1 Å². The van der Waals surface area contributed by atoms with Gasteiger partial charge in [0.2, 0.25) is 0 Å². The topological polar surface area (TPSA) is 61.2 Å². The number of aryl methyl sites for hydroxylation is 1. The SMILES string of the molecule is CNCc1c(C)nn(Cc2nccc(OC)c2OC)c1C. The van der Waals surface area contributed by atoms with Crippen molar-refractivity contribution >= 4 is 0 Å². The molecule has 0 bridgehead atoms. The molecule has 0 fully saturated rings. The quantitative estimate of drug-likeness (QED) is 0.877. The maximum atomic E-state index is 5.42. The maximum Gasteiger partial charge on any atom is 0.184 e. The van der Waals surface area contributed by atoms with E-state index in [1.54, 1.807) is 26.5 Å². The molecule has 0 saturated carbocycles. The summed E-state index contributed by atoms with van der Waals surface area (Å²) in [6.07, 6.45) is 1.72. The van der Waals surface area contributed by atoms with E-state index in [0.29, 0.717) is 18.0 Å². The van der Waals surface area contributed by atoms with E-state index in [-0.39, 0.29) is 0 Å². The van der Waals surface area contributed by atoms with Gasteiger partial charge in [-0.25, -0.2) is 0 Å². The van der Waals surface area contributed by atoms with Crippen molar-refractivity contribution in [2.45, 2.75) is 26.9 Å². The lowest BCUT2D eigenvalue weighted by Gasteiger charge is -2.12. The molecule has 0 unspecified atom stereocenters. The summed E-state index contributed by atoms with van der Waals surface area (Å²) in [6.45, 7) is 5.45. The second-order valence-corrected chi connectivity index (χ2v) is 4.83. The first-order chi connectivity index (χ1) is 10.1. The zero-order valence-electron chi connectivity index (χ0n) is 13.2. The number of nitrogens with one attached hydrogen (secondary N) is 1. The molecule has 0 atom stereocenters. The number of hydrogen-bond acceptors (Lipinski definition) is 5. The summed E-state index contributed by atoms with van der Waals surface area (Å²) in [5.74, 6) is 1.34. The highest BCUT2D eigenvalue weighted by Crippen LogP contribution is 2.29. The first kappa shape index (κ1) is 15.3. The molecule has 114 valence electrons. The molecule has 0 saturated heterocycles. The van der Waals surface area contributed by atoms with Gasteiger partial charge in [-0.1, -0.05) is 0 Å². The Labute approximate surface area is 125 Å². The molecule has 0 aliphatic heterocycles. The van der Waals surface area contributed by atoms with Gasteiger partial charge < -0.3 is 14.8 Å². The first-order valence-corrected chi connectivity index (χ1v) is 6.85. The van der Waals surface area contributed by atoms with Crippen molar-refractivity contribution in [1.29, 1.82) is 0 Å². The third-order valence-corrected chi connectivity index (χ3v) is 3.55. The Balaban J connectivity index is 2.37. The van der Waals surface area contributed by atoms with Crippen molar-refractivity contribution in [2.24, 2.45) is 0 Å². The highest BCUT2D eigenvalue weighted by molar-refractivity contribution is 5.42. The molecule has 0 spiro atoms. The van der Waals surface area contributed by atoms with Crippen molar-refractivity contribution in [3.05, 3.63) is 34.9 Å². The van der Waals surface area contributed by atoms with Crippen LogP contribution in [-0.2, 0) is 13.1 Å². The summed E-state index contributed by atoms with van der Waals surface area (Å²) in [7, 11) is 5.18. The van der Waals surface area contributed by atoms with Crippen LogP contribution in [0, 0.1) is 13.8 Å². The fraction of sp³-hybridized carbons (Fsp3) is 0.467. The summed E-state index contributed by atoms with van der Waals surface area (Å²) >= 11 is 0. The molecule has 2 heterocycles. The van der Waals surface area contributed by atoms with Gasteiger partial charge in [0.25, 0.3) is 0 Å². The van der Waals surface area contributed by atoms with Gasteiger partial charge in [0.15, 0.2) is 11.5 Å². The Bertz CT molecular complexity index is 622. The van der Waals surface area contributed by atoms with Gasteiger partial charge in [-0.2, -0.15) is 5.10 Å². The Morgan fingerprint density at radius 1 is 1.24 bits per heavy atom. The normalized spacial score (nSPS) is 10.7. The number of pyridine rings is 1. The van der Waals surface area contributed by atoms with Crippen molar-refractivity contribution in [3.8, 4) is 11.5 Å². The molecule has 6 heteroatoms. The number of aromatic nitrogens is 3. The number of methoxy groups -OCH3 is 2. The van der Waals surface area contributed by atoms with E-state index in [2.05, 4.69) is 22.3 Å². The molecule has 2 aromatic heterocycles. The highest BCUT2D eigenvalue weighted by atomic mass is 16.5. The lowest BCUT2D eigenvalue weighted by molar-refractivity contribution is 0.347. The molecule has 2 rings (SSSR count). The molecular weight excluding hydrogens is 268 g/mol. The van der Waals surface area contributed by atoms with Crippen LogP contribution in [0.3, 0.4) is 0 Å². The summed E-state index contributed by atoms with van der Waals surface area (Å²) in [5.41, 5.74) is 4.19. The molecule has 2 aromatic rings. The van der Waals surface area contributed by atoms with Crippen molar-refractivity contribution in [3.63, 3.8) is 0 Å². The van der Waals surface area contributed by atoms with Crippen LogP contribution in [0.15, 0.2) is 12.3 Å². The Morgan fingerprint density at radius 3 is 2.62 bits per heavy atom. The molecule has 0 aliphatic rings. The van der Waals surface area contributed by atoms with Crippen molar-refractivity contribution < 1.29 is 9.47 Å². The van der Waals surface area contributed by atoms with Crippen LogP contribution >= 0.6 is 0 Å². The summed E-state index contributed by atoms with van der Waals surface area (Å²) in [4.78, 5) is 4.40. The van der Waals surface area contributed by atoms with Gasteiger partial charge >= 0.3 is 0 Å². The van der Waals surface area contributed by atoms with Gasteiger partial charge in [-0.15, -0.1) is 0 Å². The fourth-order valence-electron chi connectivity index (χ4n) is 2.43. The molecule has 0 aromatic carbocycles. The van der Waals surface area contributed by atoms with Crippen LogP contribution < -0.4 is 14.8 Å². The smallest absolute Gasteiger partial charge is 0.184 e. The summed E-state index contributed by atoms with van der Waals surface area (Å²) < 4.78 is 12.7. The molecule has 0 aliphatic carbocycles. The van der Waals surface area contributed by atoms with Crippen LogP contribution in [-0.4, -0.2) is 36.0 Å². The second kappa shape index (κ2) is 6.58. The van der Waals surface area contributed by atoms with Gasteiger partial charge in [-0.05, 0) is 20.9 Å². The predicted molar refractivity (Wildman–Crippen MR) is 80.9 cm³/mol. The van der Waals surface area contributed by atoms with E-state index in [0.717, 1.165) is 23.6 Å². The minimum Gasteiger partial charge on any atom is -0.493 e. The zero-order valence-corrected chi connectivity index (χ0v) is 13.2. The zero-order chi connectivity index (χ0) is 15.4. The summed E-state index contributed by atoms with van der Waals surface area (Å²) in [6, 6.07) is 1.79. The lowest BCUT2D eigenvalue weighted by Crippen LogP contribution is -2.10. The molecule has 0 amide bonds. The fourth-order valence-corrected chi connectivity index (χ4v) is 2.43. The Morgan fingerprint density at radius 2 is 2.00 bits per heavy atom. The largest absolute Gasteiger partial charge is 0.493 e. The number of rotatable bonds is 6. The number of ether oxygens (including phenoxy) is 2. The predicted octanol–water partition coefficient (Wildman–Crippen LogP) is 1.68. The summed E-state index contributed by atoms with van der Waals surface area (Å²) in [5, 5.41) is 7.77. The van der Waals surface area contributed by atoms with E-state index in [1.165, 1.54) is 5.56 Å². The third-order valence-electron chi connectivity index (χ3n) is 3.55. The minimum absolute atomic E-state index is 0.552. The number of nitrogens with zero attached hydrogens (tertiary/aromatic N) is 3. The van der Waals surface area contributed by atoms with Crippen LogP contribution in [0.1, 0.15) is 22.6 Å². The lowest BCUT2D eigenvalue weighted by atomic mass is 10.2. The monoisotopic (exact) mass is 290 g/mol. The van der Waals surface area contributed by atoms with Crippen molar-refractivity contribution in [2.75, 3.05) is 21.3 Å². The first-order valence-electron chi connectivity index (χ1n) is 6.85. The van der Waals surface area contributed by atoms with Crippen LogP contribution in [0.5, 0.6) is 11.5 Å². The van der Waals surface area contributed by atoms with Gasteiger partial charge in [0.05, 0.1) is 26.5 Å². The molecule has 1 N–H and O–H groups in total. The number of hydrogen-bond donors (Lipinski definition) is 1. The van der Waals surface area contributed by atoms with E-state index >= 15 is 0 Å². The average Bonchev–Trinajstić information content (AvgIpc) is 2.75. The molecular formula is C15H22N4O2. The van der Waals surface area contributed by atoms with E-state index in [4.69, 9.17) is 9.47 Å². The molecule has 6 nitrogen and oxygen atoms in total. The minimum atomic E-state index is 0.552. The highest BCUT2D eigenvalue weighted by Gasteiger charge is 2.15. The van der Waals surface area contributed by atoms with Gasteiger partial charge in [-0.3, -0.25) is 9.67 Å². The second-order valence-electron chi connectivity index (χ2n) is 4.83. The third kappa shape index (κ3) is 3.00. The average molecular weight is 290 g/mol. The standard InChI is InChI=1S/C15H22N4O2/c1-10-12(8-16-3)11(2)19(18-10)9-13-15(21-5)14(20-4)6-7-17-13/h6-7,16H,8-9H2,1-5H3. The van der Waals surface area contributed by atoms with E-state index in [9.17, 15) is 0 Å². The molecule has 21 heavy (non-hydrogen) atoms. The van der Waals surface area contributed by atoms with Crippen LogP contribution in [0.2, 0.25) is 0 Å². The van der Waals surface area contributed by atoms with Crippen molar-refractivity contribution in [1.82, 2.24) is 20.1 Å². The maximum absolute atomic E-state index is 5.42. The van der Waals surface area contributed by atoms with Crippen LogP contribution in [0.25, 0.3) is 0 Å². The Hall–Kier alpha value is -2.08. The van der Waals surface area contributed by atoms with Crippen LogP contribution in [0.4, 0.5) is 0 Å². The Kier molecular flexibility index (Phi) is 4.80. The van der Waals surface area contributed by atoms with E-state index in [1.807, 2.05) is 18.7 Å². The van der Waals surface area contributed by atoms with Gasteiger partial charge in [0.1, 0.15) is 5.69 Å². The molecule has 0 radical (unpaired) electrons. The van der Waals surface area contributed by atoms with E-state index < -0.39 is 0 Å².